The Morgan fingerprint density at radius 2 is 1.61 bits per heavy atom. The Labute approximate surface area is 185 Å². The summed E-state index contributed by atoms with van der Waals surface area (Å²) in [5.41, 5.74) is 0.479. The molecule has 31 heavy (non-hydrogen) atoms. The molecule has 0 saturated heterocycles. The van der Waals surface area contributed by atoms with E-state index in [1.807, 2.05) is 0 Å². The predicted octanol–water partition coefficient (Wildman–Crippen LogP) is 4.65. The van der Waals surface area contributed by atoms with E-state index in [9.17, 15) is 24.5 Å². The van der Waals surface area contributed by atoms with E-state index in [4.69, 9.17) is 4.74 Å². The topological polar surface area (TPSA) is 116 Å². The Balaban J connectivity index is 1.71. The molecule has 0 unspecified atom stereocenters. The molecule has 3 rings (SSSR count). The first kappa shape index (κ1) is 21.8. The summed E-state index contributed by atoms with van der Waals surface area (Å²) in [4.78, 5) is 47.6. The van der Waals surface area contributed by atoms with E-state index in [2.05, 4.69) is 21.2 Å². The molecule has 0 heterocycles. The number of hydrogen-bond donors (Lipinski definition) is 1. The van der Waals surface area contributed by atoms with Crippen LogP contribution in [0.4, 0.5) is 11.4 Å². The number of carbonyl (C=O) groups excluding carboxylic acids is 3. The Morgan fingerprint density at radius 1 is 0.935 bits per heavy atom. The maximum Gasteiger partial charge on any atom is 0.340 e. The number of amides is 1. The Bertz CT molecular complexity index is 1180. The summed E-state index contributed by atoms with van der Waals surface area (Å²) in [6, 6.07) is 18.2. The Kier molecular flexibility index (Phi) is 6.88. The van der Waals surface area contributed by atoms with E-state index in [0.29, 0.717) is 10.0 Å². The van der Waals surface area contributed by atoms with Gasteiger partial charge in [-0.25, -0.2) is 4.79 Å². The van der Waals surface area contributed by atoms with Crippen molar-refractivity contribution in [3.63, 3.8) is 0 Å². The molecule has 1 N–H and O–H groups in total. The quantitative estimate of drug-likeness (QED) is 0.226. The van der Waals surface area contributed by atoms with Gasteiger partial charge in [0, 0.05) is 22.2 Å². The lowest BCUT2D eigenvalue weighted by Gasteiger charge is -2.11. The molecule has 0 aliphatic rings. The number of nitrogens with one attached hydrogen (secondary N) is 1. The molecule has 0 aliphatic heterocycles. The monoisotopic (exact) mass is 482 g/mol. The van der Waals surface area contributed by atoms with Crippen LogP contribution in [0.5, 0.6) is 0 Å². The number of benzene rings is 3. The van der Waals surface area contributed by atoms with Crippen LogP contribution in [-0.2, 0) is 4.74 Å². The fourth-order valence-corrected chi connectivity index (χ4v) is 3.16. The van der Waals surface area contributed by atoms with E-state index in [0.717, 1.165) is 6.07 Å². The van der Waals surface area contributed by atoms with Crippen LogP contribution < -0.4 is 5.32 Å². The van der Waals surface area contributed by atoms with Gasteiger partial charge in [-0.1, -0.05) is 36.4 Å². The minimum atomic E-state index is -0.818. The molecule has 8 nitrogen and oxygen atoms in total. The summed E-state index contributed by atoms with van der Waals surface area (Å²) < 4.78 is 5.67. The molecule has 0 radical (unpaired) electrons. The number of non-ortho nitro benzene ring substituents is 1. The zero-order chi connectivity index (χ0) is 22.4. The smallest absolute Gasteiger partial charge is 0.340 e. The molecular weight excluding hydrogens is 468 g/mol. The summed E-state index contributed by atoms with van der Waals surface area (Å²) in [5, 5.41) is 13.5. The predicted molar refractivity (Wildman–Crippen MR) is 116 cm³/mol. The van der Waals surface area contributed by atoms with Crippen LogP contribution in [0.1, 0.15) is 31.1 Å². The number of esters is 1. The van der Waals surface area contributed by atoms with Gasteiger partial charge in [0.25, 0.3) is 11.6 Å². The third-order valence-corrected chi connectivity index (χ3v) is 4.92. The third-order valence-electron chi connectivity index (χ3n) is 4.23. The number of Topliss-reactive ketones (excluding diaryl/α,β-unsaturated/α-hetero) is 1. The molecule has 3 aromatic carbocycles. The van der Waals surface area contributed by atoms with Crippen LogP contribution in [0.15, 0.2) is 77.3 Å². The van der Waals surface area contributed by atoms with Gasteiger partial charge in [0.15, 0.2) is 6.61 Å². The second-order valence-electron chi connectivity index (χ2n) is 6.29. The standard InChI is InChI=1S/C22H15BrN2O6/c23-18-10-3-1-8-16(18)21(27)24-19-11-4-2-9-17(19)22(28)31-13-20(26)14-6-5-7-15(12-14)25(29)30/h1-12H,13H2,(H,24,27). The van der Waals surface area contributed by atoms with Gasteiger partial charge in [-0.05, 0) is 40.2 Å². The molecule has 0 atom stereocenters. The number of ketones is 1. The van der Waals surface area contributed by atoms with Crippen LogP contribution in [0, 0.1) is 10.1 Å². The van der Waals surface area contributed by atoms with E-state index in [-0.39, 0.29) is 22.5 Å². The van der Waals surface area contributed by atoms with E-state index in [1.165, 1.54) is 30.3 Å². The summed E-state index contributed by atoms with van der Waals surface area (Å²) in [5.74, 6) is -1.84. The molecular formula is C22H15BrN2O6. The van der Waals surface area contributed by atoms with Crippen LogP contribution >= 0.6 is 15.9 Å². The fraction of sp³-hybridized carbons (Fsp3) is 0.0455. The van der Waals surface area contributed by atoms with Crippen LogP contribution in [0.2, 0.25) is 0 Å². The van der Waals surface area contributed by atoms with Gasteiger partial charge in [-0.2, -0.15) is 0 Å². The van der Waals surface area contributed by atoms with Crippen molar-refractivity contribution in [3.05, 3.63) is 104 Å². The highest BCUT2D eigenvalue weighted by molar-refractivity contribution is 9.10. The minimum absolute atomic E-state index is 0.0533. The Hall–Kier alpha value is -3.85. The van der Waals surface area contributed by atoms with Crippen molar-refractivity contribution >= 4 is 45.0 Å². The molecule has 0 fully saturated rings. The normalized spacial score (nSPS) is 10.2. The van der Waals surface area contributed by atoms with Gasteiger partial charge >= 0.3 is 5.97 Å². The van der Waals surface area contributed by atoms with Crippen LogP contribution in [-0.4, -0.2) is 29.2 Å². The molecule has 0 aromatic heterocycles. The van der Waals surface area contributed by atoms with E-state index in [1.54, 1.807) is 36.4 Å². The first-order chi connectivity index (χ1) is 14.9. The maximum absolute atomic E-state index is 12.5. The average Bonchev–Trinajstić information content (AvgIpc) is 2.78. The highest BCUT2D eigenvalue weighted by Gasteiger charge is 2.18. The minimum Gasteiger partial charge on any atom is -0.454 e. The number of rotatable bonds is 7. The maximum atomic E-state index is 12.5. The number of carbonyl (C=O) groups is 3. The van der Waals surface area contributed by atoms with Gasteiger partial charge in [0.1, 0.15) is 0 Å². The lowest BCUT2D eigenvalue weighted by Crippen LogP contribution is -2.18. The Morgan fingerprint density at radius 3 is 2.32 bits per heavy atom. The molecule has 0 bridgehead atoms. The van der Waals surface area contributed by atoms with Crippen molar-refractivity contribution in [2.24, 2.45) is 0 Å². The zero-order valence-corrected chi connectivity index (χ0v) is 17.5. The fourth-order valence-electron chi connectivity index (χ4n) is 2.69. The van der Waals surface area contributed by atoms with Crippen molar-refractivity contribution in [1.82, 2.24) is 0 Å². The summed E-state index contributed by atoms with van der Waals surface area (Å²) in [6.45, 7) is -0.605. The highest BCUT2D eigenvalue weighted by atomic mass is 79.9. The van der Waals surface area contributed by atoms with Crippen LogP contribution in [0.25, 0.3) is 0 Å². The highest BCUT2D eigenvalue weighted by Crippen LogP contribution is 2.21. The SMILES string of the molecule is O=C(COC(=O)c1ccccc1NC(=O)c1ccccc1Br)c1cccc([N+](=O)[O-])c1. The number of halogens is 1. The lowest BCUT2D eigenvalue weighted by molar-refractivity contribution is -0.384. The molecule has 0 spiro atoms. The van der Waals surface area contributed by atoms with E-state index < -0.39 is 29.2 Å². The van der Waals surface area contributed by atoms with Crippen molar-refractivity contribution < 1.29 is 24.0 Å². The molecule has 0 saturated carbocycles. The van der Waals surface area contributed by atoms with Crippen molar-refractivity contribution in [2.45, 2.75) is 0 Å². The van der Waals surface area contributed by atoms with Gasteiger partial charge in [0.05, 0.1) is 21.7 Å². The third kappa shape index (κ3) is 5.40. The molecule has 156 valence electrons. The summed E-state index contributed by atoms with van der Waals surface area (Å²) >= 11 is 3.30. The number of para-hydroxylation sites is 1. The number of ether oxygens (including phenoxy) is 1. The second kappa shape index (κ2) is 9.77. The van der Waals surface area contributed by atoms with Gasteiger partial charge in [-0.3, -0.25) is 19.7 Å². The number of nitro benzene ring substituents is 1. The molecule has 0 aliphatic carbocycles. The number of hydrogen-bond acceptors (Lipinski definition) is 6. The van der Waals surface area contributed by atoms with E-state index >= 15 is 0 Å². The average molecular weight is 483 g/mol. The largest absolute Gasteiger partial charge is 0.454 e. The second-order valence-corrected chi connectivity index (χ2v) is 7.14. The first-order valence-electron chi connectivity index (χ1n) is 8.96. The van der Waals surface area contributed by atoms with Gasteiger partial charge < -0.3 is 10.1 Å². The molecule has 1 amide bonds. The molecule has 9 heteroatoms. The molecule has 3 aromatic rings. The zero-order valence-electron chi connectivity index (χ0n) is 15.9. The van der Waals surface area contributed by atoms with Crippen molar-refractivity contribution in [2.75, 3.05) is 11.9 Å². The van der Waals surface area contributed by atoms with Gasteiger partial charge in [0.2, 0.25) is 5.78 Å². The number of anilines is 1. The van der Waals surface area contributed by atoms with Crippen LogP contribution in [0.3, 0.4) is 0 Å². The lowest BCUT2D eigenvalue weighted by atomic mass is 10.1. The van der Waals surface area contributed by atoms with Crippen molar-refractivity contribution in [3.8, 4) is 0 Å². The first-order valence-corrected chi connectivity index (χ1v) is 9.76. The summed E-state index contributed by atoms with van der Waals surface area (Å²) in [6.07, 6.45) is 0. The number of nitrogens with zero attached hydrogens (tertiary/aromatic N) is 1. The van der Waals surface area contributed by atoms with Crippen molar-refractivity contribution in [1.29, 1.82) is 0 Å². The number of nitro groups is 1. The van der Waals surface area contributed by atoms with Gasteiger partial charge in [-0.15, -0.1) is 0 Å². The summed E-state index contributed by atoms with van der Waals surface area (Å²) in [7, 11) is 0.